The molecule has 1 aliphatic heterocycles. The normalized spacial score (nSPS) is 19.7. The van der Waals surface area contributed by atoms with Crippen molar-refractivity contribution in [3.63, 3.8) is 0 Å². The van der Waals surface area contributed by atoms with E-state index in [1.54, 1.807) is 0 Å². The number of aromatic nitrogens is 2. The van der Waals surface area contributed by atoms with E-state index in [-0.39, 0.29) is 23.8 Å². The molecule has 2 N–H and O–H groups in total. The van der Waals surface area contributed by atoms with E-state index in [0.29, 0.717) is 19.6 Å². The van der Waals surface area contributed by atoms with Crippen molar-refractivity contribution in [2.24, 2.45) is 13.0 Å². The number of nitrogens with one attached hydrogen (secondary N) is 2. The summed E-state index contributed by atoms with van der Waals surface area (Å²) in [7, 11) is 1.97. The fourth-order valence-electron chi connectivity index (χ4n) is 3.35. The molecule has 1 aromatic heterocycles. The molecule has 1 aromatic carbocycles. The molecule has 7 heteroatoms. The van der Waals surface area contributed by atoms with Crippen molar-refractivity contribution >= 4 is 28.5 Å². The number of nitrogens with zero attached hydrogens (tertiary/aromatic N) is 2. The van der Waals surface area contributed by atoms with Crippen LogP contribution in [0.1, 0.15) is 31.5 Å². The number of hydrogen-bond acceptors (Lipinski definition) is 4. The molecule has 2 aromatic rings. The summed E-state index contributed by atoms with van der Waals surface area (Å²) in [6, 6.07) is 5.73. The SMILES string of the molecule is Cn1c(CCNC(=O)C2CC2)nc2cc(NC(=O)C3CCCO3)ccc21. The van der Waals surface area contributed by atoms with Crippen molar-refractivity contribution < 1.29 is 14.3 Å². The van der Waals surface area contributed by atoms with E-state index in [9.17, 15) is 9.59 Å². The largest absolute Gasteiger partial charge is 0.368 e. The summed E-state index contributed by atoms with van der Waals surface area (Å²) in [4.78, 5) is 28.6. The number of aryl methyl sites for hydroxylation is 1. The van der Waals surface area contributed by atoms with Crippen molar-refractivity contribution in [2.75, 3.05) is 18.5 Å². The van der Waals surface area contributed by atoms with Crippen LogP contribution in [0, 0.1) is 5.92 Å². The summed E-state index contributed by atoms with van der Waals surface area (Å²) in [5.74, 6) is 1.20. The molecule has 0 bridgehead atoms. The van der Waals surface area contributed by atoms with Crippen LogP contribution in [-0.2, 0) is 27.8 Å². The number of hydrogen-bond donors (Lipinski definition) is 2. The molecule has 26 heavy (non-hydrogen) atoms. The lowest BCUT2D eigenvalue weighted by atomic mass is 10.2. The lowest BCUT2D eigenvalue weighted by molar-refractivity contribution is -0.124. The van der Waals surface area contributed by atoms with Gasteiger partial charge in [0.25, 0.3) is 5.91 Å². The van der Waals surface area contributed by atoms with Gasteiger partial charge in [0.2, 0.25) is 5.91 Å². The van der Waals surface area contributed by atoms with Crippen LogP contribution in [0.2, 0.25) is 0 Å². The number of carbonyl (C=O) groups is 2. The first-order valence-corrected chi connectivity index (χ1v) is 9.27. The van der Waals surface area contributed by atoms with Gasteiger partial charge in [0.15, 0.2) is 0 Å². The predicted octanol–water partition coefficient (Wildman–Crippen LogP) is 1.76. The Kier molecular flexibility index (Phi) is 4.63. The van der Waals surface area contributed by atoms with Crippen molar-refractivity contribution in [3.05, 3.63) is 24.0 Å². The van der Waals surface area contributed by atoms with Gasteiger partial charge >= 0.3 is 0 Å². The molecule has 1 saturated carbocycles. The van der Waals surface area contributed by atoms with Gasteiger partial charge in [-0.05, 0) is 43.9 Å². The standard InChI is InChI=1S/C19H24N4O3/c1-23-15-7-6-13(21-19(25)16-3-2-10-26-16)11-14(15)22-17(23)8-9-20-18(24)12-4-5-12/h6-7,11-12,16H,2-5,8-10H2,1H3,(H,20,24)(H,21,25). The summed E-state index contributed by atoms with van der Waals surface area (Å²) < 4.78 is 7.45. The zero-order chi connectivity index (χ0) is 18.1. The minimum absolute atomic E-state index is 0.0965. The van der Waals surface area contributed by atoms with E-state index in [1.165, 1.54) is 0 Å². The fourth-order valence-corrected chi connectivity index (χ4v) is 3.35. The first-order valence-electron chi connectivity index (χ1n) is 9.27. The highest BCUT2D eigenvalue weighted by molar-refractivity contribution is 5.96. The molecule has 0 spiro atoms. The molecule has 2 heterocycles. The maximum atomic E-state index is 12.2. The van der Waals surface area contributed by atoms with Crippen molar-refractivity contribution in [2.45, 2.75) is 38.2 Å². The van der Waals surface area contributed by atoms with Crippen LogP contribution in [0.3, 0.4) is 0 Å². The zero-order valence-electron chi connectivity index (χ0n) is 15.0. The smallest absolute Gasteiger partial charge is 0.253 e. The number of imidazole rings is 1. The molecule has 2 aliphatic rings. The third kappa shape index (κ3) is 3.58. The molecule has 2 amide bonds. The number of anilines is 1. The van der Waals surface area contributed by atoms with Crippen molar-refractivity contribution in [1.29, 1.82) is 0 Å². The Morgan fingerprint density at radius 2 is 2.12 bits per heavy atom. The first kappa shape index (κ1) is 17.0. The molecular weight excluding hydrogens is 332 g/mol. The van der Waals surface area contributed by atoms with E-state index >= 15 is 0 Å². The lowest BCUT2D eigenvalue weighted by Gasteiger charge is -2.10. The number of benzene rings is 1. The molecule has 7 nitrogen and oxygen atoms in total. The number of ether oxygens (including phenoxy) is 1. The zero-order valence-corrected chi connectivity index (χ0v) is 15.0. The fraction of sp³-hybridized carbons (Fsp3) is 0.526. The monoisotopic (exact) mass is 356 g/mol. The topological polar surface area (TPSA) is 85.3 Å². The Balaban J connectivity index is 1.42. The lowest BCUT2D eigenvalue weighted by Crippen LogP contribution is -2.27. The van der Waals surface area contributed by atoms with E-state index in [4.69, 9.17) is 4.74 Å². The highest BCUT2D eigenvalue weighted by Crippen LogP contribution is 2.28. The van der Waals surface area contributed by atoms with Gasteiger partial charge in [-0.15, -0.1) is 0 Å². The highest BCUT2D eigenvalue weighted by Gasteiger charge is 2.29. The Labute approximate surface area is 152 Å². The summed E-state index contributed by atoms with van der Waals surface area (Å²) in [5, 5.41) is 5.88. The Morgan fingerprint density at radius 3 is 2.85 bits per heavy atom. The number of rotatable bonds is 6. The van der Waals surface area contributed by atoms with E-state index in [0.717, 1.165) is 48.2 Å². The molecule has 0 radical (unpaired) electrons. The maximum absolute atomic E-state index is 12.2. The van der Waals surface area contributed by atoms with Crippen LogP contribution in [-0.4, -0.2) is 40.6 Å². The van der Waals surface area contributed by atoms with Gasteiger partial charge in [0.1, 0.15) is 11.9 Å². The average molecular weight is 356 g/mol. The van der Waals surface area contributed by atoms with Crippen LogP contribution < -0.4 is 10.6 Å². The molecule has 1 atom stereocenters. The molecule has 1 saturated heterocycles. The molecule has 138 valence electrons. The Hall–Kier alpha value is -2.41. The van der Waals surface area contributed by atoms with Gasteiger partial charge < -0.3 is 19.9 Å². The summed E-state index contributed by atoms with van der Waals surface area (Å²) in [5.41, 5.74) is 2.56. The van der Waals surface area contributed by atoms with E-state index in [2.05, 4.69) is 15.6 Å². The quantitative estimate of drug-likeness (QED) is 0.826. The minimum atomic E-state index is -0.347. The van der Waals surface area contributed by atoms with Gasteiger partial charge in [0, 0.05) is 38.2 Å². The summed E-state index contributed by atoms with van der Waals surface area (Å²) in [6.45, 7) is 1.24. The van der Waals surface area contributed by atoms with E-state index in [1.807, 2.05) is 29.8 Å². The third-order valence-electron chi connectivity index (χ3n) is 5.06. The number of amides is 2. The molecule has 2 fully saturated rings. The average Bonchev–Trinajstić information content (AvgIpc) is 3.25. The summed E-state index contributed by atoms with van der Waals surface area (Å²) >= 11 is 0. The first-order chi connectivity index (χ1) is 12.6. The van der Waals surface area contributed by atoms with Crippen LogP contribution in [0.4, 0.5) is 5.69 Å². The van der Waals surface area contributed by atoms with Crippen molar-refractivity contribution in [3.8, 4) is 0 Å². The van der Waals surface area contributed by atoms with E-state index < -0.39 is 0 Å². The van der Waals surface area contributed by atoms with Gasteiger partial charge in [-0.2, -0.15) is 0 Å². The molecule has 1 unspecified atom stereocenters. The van der Waals surface area contributed by atoms with Crippen LogP contribution in [0.5, 0.6) is 0 Å². The Bertz CT molecular complexity index is 835. The second-order valence-electron chi connectivity index (χ2n) is 7.10. The molecule has 1 aliphatic carbocycles. The van der Waals surface area contributed by atoms with Crippen LogP contribution >= 0.6 is 0 Å². The van der Waals surface area contributed by atoms with Crippen LogP contribution in [0.25, 0.3) is 11.0 Å². The maximum Gasteiger partial charge on any atom is 0.253 e. The highest BCUT2D eigenvalue weighted by atomic mass is 16.5. The summed E-state index contributed by atoms with van der Waals surface area (Å²) in [6.07, 6.45) is 4.06. The Morgan fingerprint density at radius 1 is 1.27 bits per heavy atom. The predicted molar refractivity (Wildman–Crippen MR) is 97.8 cm³/mol. The third-order valence-corrected chi connectivity index (χ3v) is 5.06. The minimum Gasteiger partial charge on any atom is -0.368 e. The van der Waals surface area contributed by atoms with Gasteiger partial charge in [-0.3, -0.25) is 9.59 Å². The second-order valence-corrected chi connectivity index (χ2v) is 7.10. The molecule has 4 rings (SSSR count). The second kappa shape index (κ2) is 7.07. The number of carbonyl (C=O) groups excluding carboxylic acids is 2. The van der Waals surface area contributed by atoms with Crippen molar-refractivity contribution in [1.82, 2.24) is 14.9 Å². The number of fused-ring (bicyclic) bond motifs is 1. The van der Waals surface area contributed by atoms with Gasteiger partial charge in [-0.1, -0.05) is 0 Å². The van der Waals surface area contributed by atoms with Gasteiger partial charge in [0.05, 0.1) is 11.0 Å². The van der Waals surface area contributed by atoms with Gasteiger partial charge in [-0.25, -0.2) is 4.98 Å². The van der Waals surface area contributed by atoms with Crippen LogP contribution in [0.15, 0.2) is 18.2 Å². The molecular formula is C19H24N4O3.